The van der Waals surface area contributed by atoms with E-state index in [1.165, 1.54) is 23.7 Å². The van der Waals surface area contributed by atoms with Crippen molar-refractivity contribution in [1.29, 1.82) is 0 Å². The topological polar surface area (TPSA) is 0 Å². The van der Waals surface area contributed by atoms with E-state index in [2.05, 4.69) is 6.92 Å². The van der Waals surface area contributed by atoms with Crippen molar-refractivity contribution in [3.63, 3.8) is 0 Å². The molecule has 52 valence electrons. The van der Waals surface area contributed by atoms with Gasteiger partial charge < -0.3 is 0 Å². The fourth-order valence-corrected chi connectivity index (χ4v) is 6.43. The van der Waals surface area contributed by atoms with Crippen molar-refractivity contribution >= 4 is 0 Å². The van der Waals surface area contributed by atoms with Crippen LogP contribution in [0.1, 0.15) is 19.8 Å². The highest BCUT2D eigenvalue weighted by atomic mass is 15.1. The molecule has 5 aliphatic rings. The summed E-state index contributed by atoms with van der Waals surface area (Å²) in [4.78, 5) is 0. The molecule has 0 heteroatoms. The minimum absolute atomic E-state index is 1.03. The molecule has 0 aromatic heterocycles. The number of fused-ring (bicyclic) bond motifs is 3. The Labute approximate surface area is 61.0 Å². The summed E-state index contributed by atoms with van der Waals surface area (Å²) in [5.74, 6) is 6.27. The van der Waals surface area contributed by atoms with Crippen LogP contribution in [0.25, 0.3) is 0 Å². The van der Waals surface area contributed by atoms with E-state index in [4.69, 9.17) is 0 Å². The second-order valence-electron chi connectivity index (χ2n) is 5.58. The SMILES string of the molecule is CC1CC2C3C4C5CC23C154. The summed E-state index contributed by atoms with van der Waals surface area (Å²) in [5.41, 5.74) is 2.07. The van der Waals surface area contributed by atoms with E-state index in [-0.39, 0.29) is 0 Å². The summed E-state index contributed by atoms with van der Waals surface area (Å²) < 4.78 is 0. The van der Waals surface area contributed by atoms with Crippen molar-refractivity contribution in [2.24, 2.45) is 40.4 Å². The Kier molecular flexibility index (Phi) is 0.283. The molecular formula is C10H12. The molecule has 5 saturated carbocycles. The van der Waals surface area contributed by atoms with Crippen LogP contribution in [0.15, 0.2) is 0 Å². The second-order valence-corrected chi connectivity index (χ2v) is 5.58. The van der Waals surface area contributed by atoms with Crippen LogP contribution in [0.5, 0.6) is 0 Å². The largest absolute Gasteiger partial charge is 0.0619 e. The Morgan fingerprint density at radius 3 is 2.60 bits per heavy atom. The third-order valence-electron chi connectivity index (χ3n) is 6.24. The molecule has 0 amide bonds. The van der Waals surface area contributed by atoms with E-state index in [1.54, 1.807) is 12.8 Å². The van der Waals surface area contributed by atoms with Gasteiger partial charge >= 0.3 is 0 Å². The Hall–Kier alpha value is 0. The van der Waals surface area contributed by atoms with Crippen LogP contribution < -0.4 is 0 Å². The molecule has 0 heterocycles. The summed E-state index contributed by atoms with van der Waals surface area (Å²) in [6.45, 7) is 2.52. The van der Waals surface area contributed by atoms with Crippen molar-refractivity contribution in [2.45, 2.75) is 19.8 Å². The third-order valence-corrected chi connectivity index (χ3v) is 6.24. The normalized spacial score (nSPS) is 97.5. The molecular weight excluding hydrogens is 120 g/mol. The average Bonchev–Trinajstić information content (AvgIpc) is 2.42. The van der Waals surface area contributed by atoms with E-state index in [9.17, 15) is 0 Å². The first kappa shape index (κ1) is 4.13. The zero-order valence-electron chi connectivity index (χ0n) is 6.30. The monoisotopic (exact) mass is 132 g/mol. The van der Waals surface area contributed by atoms with Crippen molar-refractivity contribution < 1.29 is 0 Å². The predicted octanol–water partition coefficient (Wildman–Crippen LogP) is 1.91. The van der Waals surface area contributed by atoms with Gasteiger partial charge in [-0.3, -0.25) is 0 Å². The van der Waals surface area contributed by atoms with E-state index in [1.807, 2.05) is 0 Å². The van der Waals surface area contributed by atoms with Gasteiger partial charge in [-0.25, -0.2) is 0 Å². The molecule has 5 fully saturated rings. The minimum atomic E-state index is 1.03. The lowest BCUT2D eigenvalue weighted by Gasteiger charge is -2.44. The highest BCUT2D eigenvalue weighted by Gasteiger charge is 3.09. The van der Waals surface area contributed by atoms with Gasteiger partial charge in [0.05, 0.1) is 0 Å². The Morgan fingerprint density at radius 2 is 2.10 bits per heavy atom. The van der Waals surface area contributed by atoms with Crippen LogP contribution in [0.3, 0.4) is 0 Å². The van der Waals surface area contributed by atoms with Crippen molar-refractivity contribution in [3.8, 4) is 0 Å². The molecule has 7 unspecified atom stereocenters. The molecule has 0 radical (unpaired) electrons. The Bertz CT molecular complexity index is 276. The number of hydrogen-bond acceptors (Lipinski definition) is 0. The van der Waals surface area contributed by atoms with Gasteiger partial charge in [0.1, 0.15) is 0 Å². The fourth-order valence-electron chi connectivity index (χ4n) is 6.43. The summed E-state index contributed by atoms with van der Waals surface area (Å²) >= 11 is 0. The Morgan fingerprint density at radius 1 is 1.20 bits per heavy atom. The van der Waals surface area contributed by atoms with Gasteiger partial charge in [-0.1, -0.05) is 6.92 Å². The highest BCUT2D eigenvalue weighted by Crippen LogP contribution is 3.13. The van der Waals surface area contributed by atoms with Gasteiger partial charge in [-0.15, -0.1) is 0 Å². The van der Waals surface area contributed by atoms with E-state index >= 15 is 0 Å². The molecule has 0 aliphatic heterocycles. The van der Waals surface area contributed by atoms with Crippen molar-refractivity contribution in [3.05, 3.63) is 0 Å². The lowest BCUT2D eigenvalue weighted by Crippen LogP contribution is -2.39. The molecule has 0 N–H and O–H groups in total. The third kappa shape index (κ3) is 0.125. The van der Waals surface area contributed by atoms with Gasteiger partial charge in [-0.05, 0) is 53.3 Å². The molecule has 5 aliphatic carbocycles. The van der Waals surface area contributed by atoms with Crippen LogP contribution in [0.4, 0.5) is 0 Å². The van der Waals surface area contributed by atoms with Crippen molar-refractivity contribution in [1.82, 2.24) is 0 Å². The molecule has 5 rings (SSSR count). The van der Waals surface area contributed by atoms with E-state index < -0.39 is 0 Å². The summed E-state index contributed by atoms with van der Waals surface area (Å²) in [7, 11) is 0. The zero-order valence-corrected chi connectivity index (χ0v) is 6.30. The second kappa shape index (κ2) is 0.685. The number of hydrogen-bond donors (Lipinski definition) is 0. The molecule has 0 saturated heterocycles. The first-order chi connectivity index (χ1) is 4.85. The fraction of sp³-hybridized carbons (Fsp3) is 1.00. The lowest BCUT2D eigenvalue weighted by molar-refractivity contribution is 0.0314. The molecule has 0 aromatic carbocycles. The quantitative estimate of drug-likeness (QED) is 0.472. The van der Waals surface area contributed by atoms with Crippen LogP contribution in [-0.2, 0) is 0 Å². The maximum Gasteiger partial charge on any atom is -0.0144 e. The molecule has 0 bridgehead atoms. The molecule has 2 spiro atoms. The maximum atomic E-state index is 2.52. The van der Waals surface area contributed by atoms with Crippen LogP contribution in [0, 0.1) is 40.4 Å². The first-order valence-electron chi connectivity index (χ1n) is 4.85. The van der Waals surface area contributed by atoms with Gasteiger partial charge in [0.2, 0.25) is 0 Å². The van der Waals surface area contributed by atoms with E-state index in [0.29, 0.717) is 0 Å². The predicted molar refractivity (Wildman–Crippen MR) is 37.2 cm³/mol. The maximum absolute atomic E-state index is 2.52. The first-order valence-corrected chi connectivity index (χ1v) is 4.85. The molecule has 0 nitrogen and oxygen atoms in total. The van der Waals surface area contributed by atoms with Gasteiger partial charge in [0.25, 0.3) is 0 Å². The molecule has 0 aromatic rings. The van der Waals surface area contributed by atoms with Gasteiger partial charge in [0.15, 0.2) is 0 Å². The minimum Gasteiger partial charge on any atom is -0.0619 e. The van der Waals surface area contributed by atoms with E-state index in [0.717, 1.165) is 16.7 Å². The zero-order chi connectivity index (χ0) is 6.30. The molecule has 7 atom stereocenters. The van der Waals surface area contributed by atoms with Crippen LogP contribution in [-0.4, -0.2) is 0 Å². The smallest absolute Gasteiger partial charge is 0.0144 e. The summed E-state index contributed by atoms with van der Waals surface area (Å²) in [6, 6.07) is 0. The Balaban J connectivity index is 1.93. The summed E-state index contributed by atoms with van der Waals surface area (Å²) in [5, 5.41) is 0. The van der Waals surface area contributed by atoms with Crippen molar-refractivity contribution in [2.75, 3.05) is 0 Å². The summed E-state index contributed by atoms with van der Waals surface area (Å²) in [6.07, 6.45) is 3.30. The average molecular weight is 132 g/mol. The van der Waals surface area contributed by atoms with Gasteiger partial charge in [0, 0.05) is 0 Å². The molecule has 10 heavy (non-hydrogen) atoms. The highest BCUT2D eigenvalue weighted by molar-refractivity contribution is 5.55. The van der Waals surface area contributed by atoms with Crippen LogP contribution in [0.2, 0.25) is 0 Å². The standard InChI is InChI=1S/C10H12/c1-4-2-5-7-8-6-3-9(5,7)10(4,6)8/h4-8H,2-3H2,1H3. The van der Waals surface area contributed by atoms with Crippen LogP contribution >= 0.6 is 0 Å². The van der Waals surface area contributed by atoms with Gasteiger partial charge in [-0.2, -0.15) is 0 Å². The number of rotatable bonds is 0. The lowest BCUT2D eigenvalue weighted by atomic mass is 9.60.